The molecule has 0 saturated carbocycles. The average Bonchev–Trinajstić information content (AvgIpc) is 3.13. The number of hydrogen-bond donors (Lipinski definition) is 2. The van der Waals surface area contributed by atoms with Crippen LogP contribution in [0.15, 0.2) is 23.7 Å². The molecule has 2 aromatic heterocycles. The number of aryl methyl sites for hydroxylation is 3. The van der Waals surface area contributed by atoms with Crippen LogP contribution in [0.3, 0.4) is 0 Å². The molecule has 0 unspecified atom stereocenters. The molecule has 0 bridgehead atoms. The lowest BCUT2D eigenvalue weighted by molar-refractivity contribution is -0.120. The predicted molar refractivity (Wildman–Crippen MR) is 95.0 cm³/mol. The minimum absolute atomic E-state index is 0.0615. The molecule has 1 amide bonds. The van der Waals surface area contributed by atoms with E-state index in [4.69, 9.17) is 0 Å². The van der Waals surface area contributed by atoms with Gasteiger partial charge in [-0.05, 0) is 37.5 Å². The Hall–Kier alpha value is -2.14. The molecule has 0 fully saturated rings. The summed E-state index contributed by atoms with van der Waals surface area (Å²) in [6.07, 6.45) is 2.99. The van der Waals surface area contributed by atoms with Crippen LogP contribution in [0.1, 0.15) is 27.4 Å². The van der Waals surface area contributed by atoms with Gasteiger partial charge < -0.3 is 10.3 Å². The van der Waals surface area contributed by atoms with Gasteiger partial charge in [0.2, 0.25) is 5.91 Å². The third-order valence-corrected chi connectivity index (χ3v) is 5.01. The van der Waals surface area contributed by atoms with Crippen molar-refractivity contribution in [3.05, 3.63) is 51.1 Å². The number of carbonyl (C=O) groups is 1. The zero-order chi connectivity index (χ0) is 16.4. The average molecular weight is 327 g/mol. The molecule has 4 nitrogen and oxygen atoms in total. The first-order valence-electron chi connectivity index (χ1n) is 7.78. The highest BCUT2D eigenvalue weighted by molar-refractivity contribution is 7.09. The fourth-order valence-corrected chi connectivity index (χ4v) is 3.56. The number of aromatic amines is 1. The van der Waals surface area contributed by atoms with Crippen LogP contribution in [0.2, 0.25) is 0 Å². The first kappa shape index (κ1) is 15.7. The van der Waals surface area contributed by atoms with Crippen LogP contribution in [0.5, 0.6) is 0 Å². The van der Waals surface area contributed by atoms with Gasteiger partial charge in [0.05, 0.1) is 11.4 Å². The van der Waals surface area contributed by atoms with Gasteiger partial charge in [-0.15, -0.1) is 11.3 Å². The molecule has 3 rings (SSSR count). The van der Waals surface area contributed by atoms with Gasteiger partial charge in [-0.1, -0.05) is 12.1 Å². The number of hydrogen-bond acceptors (Lipinski definition) is 3. The minimum atomic E-state index is 0.0615. The lowest BCUT2D eigenvalue weighted by Gasteiger charge is -2.06. The summed E-state index contributed by atoms with van der Waals surface area (Å²) in [7, 11) is 0. The highest BCUT2D eigenvalue weighted by Gasteiger charge is 2.15. The summed E-state index contributed by atoms with van der Waals surface area (Å²) >= 11 is 1.62. The molecular weight excluding hydrogens is 306 g/mol. The summed E-state index contributed by atoms with van der Waals surface area (Å²) in [4.78, 5) is 19.9. The summed E-state index contributed by atoms with van der Waals surface area (Å²) < 4.78 is 0. The number of H-pyrrole nitrogens is 1. The van der Waals surface area contributed by atoms with E-state index < -0.39 is 0 Å². The van der Waals surface area contributed by atoms with E-state index in [0.717, 1.165) is 28.2 Å². The van der Waals surface area contributed by atoms with Gasteiger partial charge in [0, 0.05) is 41.1 Å². The van der Waals surface area contributed by atoms with Crippen molar-refractivity contribution in [2.24, 2.45) is 0 Å². The van der Waals surface area contributed by atoms with Gasteiger partial charge in [0.1, 0.15) is 0 Å². The van der Waals surface area contributed by atoms with E-state index in [-0.39, 0.29) is 5.91 Å². The summed E-state index contributed by atoms with van der Waals surface area (Å²) in [5, 5.41) is 7.20. The number of aromatic nitrogens is 2. The lowest BCUT2D eigenvalue weighted by atomic mass is 10.0. The quantitative estimate of drug-likeness (QED) is 0.754. The molecule has 3 aromatic rings. The van der Waals surface area contributed by atoms with Crippen LogP contribution >= 0.6 is 11.3 Å². The standard InChI is InChI=1S/C18H21N3OS/c1-11-4-5-12(2)18-17(11)14(13(3)21-18)10-15(22)19-7-6-16-20-8-9-23-16/h4-5,8-9,21H,6-7,10H2,1-3H3,(H,19,22). The van der Waals surface area contributed by atoms with E-state index >= 15 is 0 Å². The summed E-state index contributed by atoms with van der Waals surface area (Å²) in [5.41, 5.74) is 5.75. The molecule has 0 atom stereocenters. The monoisotopic (exact) mass is 327 g/mol. The second-order valence-electron chi connectivity index (χ2n) is 5.88. The maximum absolute atomic E-state index is 12.3. The van der Waals surface area contributed by atoms with Crippen molar-refractivity contribution in [3.63, 3.8) is 0 Å². The van der Waals surface area contributed by atoms with Crippen molar-refractivity contribution < 1.29 is 4.79 Å². The maximum atomic E-state index is 12.3. The van der Waals surface area contributed by atoms with Crippen molar-refractivity contribution >= 4 is 28.1 Å². The maximum Gasteiger partial charge on any atom is 0.224 e. The normalized spacial score (nSPS) is 11.1. The van der Waals surface area contributed by atoms with E-state index in [2.05, 4.69) is 41.3 Å². The van der Waals surface area contributed by atoms with Gasteiger partial charge in [-0.25, -0.2) is 4.98 Å². The largest absolute Gasteiger partial charge is 0.358 e. The number of nitrogens with one attached hydrogen (secondary N) is 2. The first-order chi connectivity index (χ1) is 11.1. The Kier molecular flexibility index (Phi) is 4.48. The highest BCUT2D eigenvalue weighted by Crippen LogP contribution is 2.28. The van der Waals surface area contributed by atoms with E-state index in [0.29, 0.717) is 13.0 Å². The molecule has 5 heteroatoms. The van der Waals surface area contributed by atoms with Crippen LogP contribution in [-0.2, 0) is 17.6 Å². The third kappa shape index (κ3) is 3.29. The Labute approximate surface area is 140 Å². The number of thiazole rings is 1. The Morgan fingerprint density at radius 2 is 2.04 bits per heavy atom. The van der Waals surface area contributed by atoms with Crippen molar-refractivity contribution in [1.82, 2.24) is 15.3 Å². The first-order valence-corrected chi connectivity index (χ1v) is 8.66. The minimum Gasteiger partial charge on any atom is -0.358 e. The molecule has 120 valence electrons. The number of rotatable bonds is 5. The van der Waals surface area contributed by atoms with Gasteiger partial charge in [0.15, 0.2) is 0 Å². The molecule has 0 saturated heterocycles. The summed E-state index contributed by atoms with van der Waals surface area (Å²) in [6, 6.07) is 4.24. The van der Waals surface area contributed by atoms with Crippen LogP contribution in [-0.4, -0.2) is 22.4 Å². The molecule has 0 spiro atoms. The molecule has 0 aliphatic carbocycles. The Bertz CT molecular complexity index is 834. The van der Waals surface area contributed by atoms with Crippen molar-refractivity contribution in [2.45, 2.75) is 33.6 Å². The summed E-state index contributed by atoms with van der Waals surface area (Å²) in [5.74, 6) is 0.0615. The summed E-state index contributed by atoms with van der Waals surface area (Å²) in [6.45, 7) is 6.86. The molecule has 23 heavy (non-hydrogen) atoms. The molecular formula is C18H21N3OS. The molecule has 0 radical (unpaired) electrons. The van der Waals surface area contributed by atoms with Crippen molar-refractivity contribution in [3.8, 4) is 0 Å². The fourth-order valence-electron chi connectivity index (χ4n) is 2.94. The van der Waals surface area contributed by atoms with Crippen LogP contribution in [0.4, 0.5) is 0 Å². The van der Waals surface area contributed by atoms with Crippen LogP contribution < -0.4 is 5.32 Å². The van der Waals surface area contributed by atoms with Gasteiger partial charge in [-0.2, -0.15) is 0 Å². The second kappa shape index (κ2) is 6.54. The smallest absolute Gasteiger partial charge is 0.224 e. The molecule has 2 heterocycles. The van der Waals surface area contributed by atoms with E-state index in [1.165, 1.54) is 16.5 Å². The zero-order valence-electron chi connectivity index (χ0n) is 13.7. The van der Waals surface area contributed by atoms with Crippen LogP contribution in [0.25, 0.3) is 10.9 Å². The van der Waals surface area contributed by atoms with Gasteiger partial charge in [0.25, 0.3) is 0 Å². The Morgan fingerprint density at radius 3 is 2.78 bits per heavy atom. The van der Waals surface area contributed by atoms with E-state index in [1.807, 2.05) is 12.3 Å². The van der Waals surface area contributed by atoms with Crippen molar-refractivity contribution in [1.29, 1.82) is 0 Å². The van der Waals surface area contributed by atoms with Gasteiger partial charge >= 0.3 is 0 Å². The number of benzene rings is 1. The number of nitrogens with zero attached hydrogens (tertiary/aromatic N) is 1. The molecule has 2 N–H and O–H groups in total. The molecule has 0 aliphatic heterocycles. The third-order valence-electron chi connectivity index (χ3n) is 4.17. The Morgan fingerprint density at radius 1 is 1.26 bits per heavy atom. The predicted octanol–water partition coefficient (Wildman–Crippen LogP) is 3.45. The number of carbonyl (C=O) groups excluding carboxylic acids is 1. The van der Waals surface area contributed by atoms with Crippen molar-refractivity contribution in [2.75, 3.05) is 6.54 Å². The molecule has 1 aromatic carbocycles. The van der Waals surface area contributed by atoms with Gasteiger partial charge in [-0.3, -0.25) is 4.79 Å². The van der Waals surface area contributed by atoms with E-state index in [9.17, 15) is 4.79 Å². The SMILES string of the molecule is Cc1[nH]c2c(C)ccc(C)c2c1CC(=O)NCCc1nccs1. The van der Waals surface area contributed by atoms with E-state index in [1.54, 1.807) is 17.5 Å². The second-order valence-corrected chi connectivity index (χ2v) is 6.86. The fraction of sp³-hybridized carbons (Fsp3) is 0.333. The Balaban J connectivity index is 1.72. The van der Waals surface area contributed by atoms with Crippen LogP contribution in [0, 0.1) is 20.8 Å². The lowest BCUT2D eigenvalue weighted by Crippen LogP contribution is -2.27. The topological polar surface area (TPSA) is 57.8 Å². The zero-order valence-corrected chi connectivity index (χ0v) is 14.5. The number of fused-ring (bicyclic) bond motifs is 1. The number of amides is 1. The molecule has 0 aliphatic rings. The highest BCUT2D eigenvalue weighted by atomic mass is 32.1.